The number of hydrogen-bond donors (Lipinski definition) is 4. The Morgan fingerprint density at radius 3 is 1.90 bits per heavy atom. The van der Waals surface area contributed by atoms with Gasteiger partial charge >= 0.3 is 0 Å². The first-order chi connectivity index (χ1) is 19.6. The number of hydrogen-bond acceptors (Lipinski definition) is 5. The van der Waals surface area contributed by atoms with Gasteiger partial charge < -0.3 is 26.4 Å². The van der Waals surface area contributed by atoms with Gasteiger partial charge in [0.25, 0.3) is 0 Å². The quantitative estimate of drug-likeness (QED) is 0.323. The molecule has 41 heavy (non-hydrogen) atoms. The van der Waals surface area contributed by atoms with Crippen molar-refractivity contribution in [2.75, 3.05) is 6.54 Å². The molecule has 0 saturated carbocycles. The van der Waals surface area contributed by atoms with Crippen molar-refractivity contribution >= 4 is 17.7 Å². The summed E-state index contributed by atoms with van der Waals surface area (Å²) >= 11 is 0. The molecule has 0 aromatic heterocycles. The van der Waals surface area contributed by atoms with Crippen molar-refractivity contribution < 1.29 is 19.5 Å². The van der Waals surface area contributed by atoms with Crippen molar-refractivity contribution in [1.29, 1.82) is 0 Å². The molecular weight excluding hydrogens is 516 g/mol. The van der Waals surface area contributed by atoms with Gasteiger partial charge in [-0.15, -0.1) is 0 Å². The highest BCUT2D eigenvalue weighted by Gasteiger charge is 2.50. The molecule has 1 saturated heterocycles. The second-order valence-electron chi connectivity index (χ2n) is 11.2. The number of carbonyl (C=O) groups excluding carboxylic acids is 3. The monoisotopic (exact) mass is 556 g/mol. The second kappa shape index (κ2) is 13.1. The van der Waals surface area contributed by atoms with Crippen LogP contribution in [0.2, 0.25) is 0 Å². The fraction of sp³-hybridized carbons (Fsp3) is 0.364. The third-order valence-electron chi connectivity index (χ3n) is 7.80. The summed E-state index contributed by atoms with van der Waals surface area (Å²) in [6, 6.07) is 23.4. The molecule has 8 nitrogen and oxygen atoms in total. The maximum atomic E-state index is 14.1. The van der Waals surface area contributed by atoms with Crippen LogP contribution in [-0.2, 0) is 14.4 Å². The molecule has 8 heteroatoms. The summed E-state index contributed by atoms with van der Waals surface area (Å²) in [4.78, 5) is 42.2. The first-order valence-electron chi connectivity index (χ1n) is 14.1. The van der Waals surface area contributed by atoms with E-state index in [9.17, 15) is 19.5 Å². The first-order valence-corrected chi connectivity index (χ1v) is 14.1. The van der Waals surface area contributed by atoms with Gasteiger partial charge in [0.15, 0.2) is 0 Å². The van der Waals surface area contributed by atoms with E-state index in [1.165, 1.54) is 4.90 Å². The van der Waals surface area contributed by atoms with Gasteiger partial charge in [0.05, 0.1) is 18.2 Å². The average molecular weight is 557 g/mol. The van der Waals surface area contributed by atoms with Gasteiger partial charge in [0, 0.05) is 12.5 Å². The molecule has 1 heterocycles. The Hall–Kier alpha value is -4.01. The minimum absolute atomic E-state index is 0.127. The highest BCUT2D eigenvalue weighted by Crippen LogP contribution is 2.35. The molecule has 3 aromatic rings. The molecule has 4 rings (SSSR count). The Bertz CT molecular complexity index is 1310. The summed E-state index contributed by atoms with van der Waals surface area (Å²) in [6.45, 7) is 7.27. The van der Waals surface area contributed by atoms with Gasteiger partial charge in [-0.3, -0.25) is 14.4 Å². The molecular formula is C33H40N4O4. The van der Waals surface area contributed by atoms with Crippen LogP contribution < -0.4 is 16.4 Å². The van der Waals surface area contributed by atoms with E-state index in [0.717, 1.165) is 22.3 Å². The molecule has 1 aliphatic rings. The molecule has 3 amide bonds. The number of likely N-dealkylation sites (tertiary alicyclic amines) is 1. The molecule has 1 aliphatic heterocycles. The van der Waals surface area contributed by atoms with Gasteiger partial charge in [-0.1, -0.05) is 98.8 Å². The highest BCUT2D eigenvalue weighted by atomic mass is 16.3. The molecule has 216 valence electrons. The second-order valence-corrected chi connectivity index (χ2v) is 11.2. The average Bonchev–Trinajstić information content (AvgIpc) is 3.31. The lowest BCUT2D eigenvalue weighted by molar-refractivity contribution is -0.144. The zero-order chi connectivity index (χ0) is 29.7. The lowest BCUT2D eigenvalue weighted by Gasteiger charge is -2.32. The zero-order valence-corrected chi connectivity index (χ0v) is 24.0. The number of aliphatic hydroxyl groups is 1. The van der Waals surface area contributed by atoms with E-state index in [1.54, 1.807) is 6.92 Å². The SMILES string of the molecule is Cc1ccccc1[C@H]1CN(C(=O)[C@@H](NC(=O)[C@H](C)N)C(C)C)[C@H](C(=O)NC(c2ccccc2)c2ccccc2)[C@@H]1O. The Kier molecular flexibility index (Phi) is 9.57. The van der Waals surface area contributed by atoms with Crippen LogP contribution in [0.5, 0.6) is 0 Å². The van der Waals surface area contributed by atoms with Crippen LogP contribution in [0.25, 0.3) is 0 Å². The Balaban J connectivity index is 1.72. The predicted octanol–water partition coefficient (Wildman–Crippen LogP) is 3.04. The van der Waals surface area contributed by atoms with E-state index >= 15 is 0 Å². The first kappa shape index (κ1) is 30.0. The summed E-state index contributed by atoms with van der Waals surface area (Å²) < 4.78 is 0. The molecule has 3 aromatic carbocycles. The number of nitrogens with zero attached hydrogens (tertiary/aromatic N) is 1. The smallest absolute Gasteiger partial charge is 0.246 e. The largest absolute Gasteiger partial charge is 0.390 e. The standard InChI is InChI=1S/C33H40N4O4/c1-20(2)27(35-31(39)22(4)34)33(41)37-19-26(25-18-12-11-13-21(25)3)30(38)29(37)32(40)36-28(23-14-7-5-8-15-23)24-16-9-6-10-17-24/h5-18,20,22,26-30,38H,19,34H2,1-4H3,(H,35,39)(H,36,40)/t22-,26+,27-,29-,30+/m0/s1. The fourth-order valence-corrected chi connectivity index (χ4v) is 5.50. The van der Waals surface area contributed by atoms with Gasteiger partial charge in [0.1, 0.15) is 12.1 Å². The normalized spacial score (nSPS) is 20.1. The van der Waals surface area contributed by atoms with Crippen molar-refractivity contribution in [3.8, 4) is 0 Å². The van der Waals surface area contributed by atoms with E-state index in [-0.39, 0.29) is 12.5 Å². The molecule has 5 atom stereocenters. The number of aryl methyl sites for hydroxylation is 1. The van der Waals surface area contributed by atoms with Crippen molar-refractivity contribution in [2.45, 2.75) is 63.9 Å². The number of aliphatic hydroxyl groups excluding tert-OH is 1. The molecule has 0 radical (unpaired) electrons. The molecule has 0 bridgehead atoms. The molecule has 5 N–H and O–H groups in total. The third-order valence-corrected chi connectivity index (χ3v) is 7.80. The van der Waals surface area contributed by atoms with Gasteiger partial charge in [-0.2, -0.15) is 0 Å². The molecule has 0 aliphatic carbocycles. The van der Waals surface area contributed by atoms with Crippen LogP contribution in [-0.4, -0.2) is 58.5 Å². The van der Waals surface area contributed by atoms with Crippen LogP contribution in [0.3, 0.4) is 0 Å². The Labute approximate surface area is 241 Å². The summed E-state index contributed by atoms with van der Waals surface area (Å²) in [5.74, 6) is -2.12. The highest BCUT2D eigenvalue weighted by molar-refractivity contribution is 5.94. The summed E-state index contributed by atoms with van der Waals surface area (Å²) in [6.07, 6.45) is -1.16. The lowest BCUT2D eigenvalue weighted by Crippen LogP contribution is -2.58. The van der Waals surface area contributed by atoms with Crippen molar-refractivity contribution in [3.05, 3.63) is 107 Å². The Morgan fingerprint density at radius 2 is 1.39 bits per heavy atom. The van der Waals surface area contributed by atoms with Crippen LogP contribution in [0.4, 0.5) is 0 Å². The Morgan fingerprint density at radius 1 is 0.854 bits per heavy atom. The van der Waals surface area contributed by atoms with Crippen LogP contribution in [0.15, 0.2) is 84.9 Å². The summed E-state index contributed by atoms with van der Waals surface area (Å²) in [5, 5.41) is 17.6. The van der Waals surface area contributed by atoms with E-state index in [2.05, 4.69) is 10.6 Å². The zero-order valence-electron chi connectivity index (χ0n) is 24.0. The van der Waals surface area contributed by atoms with Crippen LogP contribution in [0.1, 0.15) is 55.0 Å². The van der Waals surface area contributed by atoms with E-state index in [1.807, 2.05) is 106 Å². The van der Waals surface area contributed by atoms with E-state index in [0.29, 0.717) is 0 Å². The molecule has 0 unspecified atom stereocenters. The van der Waals surface area contributed by atoms with Crippen molar-refractivity contribution in [3.63, 3.8) is 0 Å². The predicted molar refractivity (Wildman–Crippen MR) is 159 cm³/mol. The van der Waals surface area contributed by atoms with Gasteiger partial charge in [-0.05, 0) is 42.0 Å². The summed E-state index contributed by atoms with van der Waals surface area (Å²) in [7, 11) is 0. The maximum absolute atomic E-state index is 14.1. The van der Waals surface area contributed by atoms with Crippen LogP contribution >= 0.6 is 0 Å². The van der Waals surface area contributed by atoms with E-state index < -0.39 is 53.9 Å². The minimum Gasteiger partial charge on any atom is -0.390 e. The number of carbonyl (C=O) groups is 3. The molecule has 0 spiro atoms. The van der Waals surface area contributed by atoms with Crippen LogP contribution in [0, 0.1) is 12.8 Å². The van der Waals surface area contributed by atoms with Gasteiger partial charge in [-0.25, -0.2) is 0 Å². The fourth-order valence-electron chi connectivity index (χ4n) is 5.50. The molecule has 1 fully saturated rings. The van der Waals surface area contributed by atoms with Gasteiger partial charge in [0.2, 0.25) is 17.7 Å². The van der Waals surface area contributed by atoms with E-state index in [4.69, 9.17) is 5.73 Å². The number of nitrogens with two attached hydrogens (primary N) is 1. The number of rotatable bonds is 9. The number of amides is 3. The minimum atomic E-state index is -1.17. The third kappa shape index (κ3) is 6.66. The van der Waals surface area contributed by atoms with Crippen molar-refractivity contribution in [1.82, 2.24) is 15.5 Å². The maximum Gasteiger partial charge on any atom is 0.246 e. The number of nitrogens with one attached hydrogen (secondary N) is 2. The topological polar surface area (TPSA) is 125 Å². The number of benzene rings is 3. The lowest BCUT2D eigenvalue weighted by atomic mass is 9.90. The van der Waals surface area contributed by atoms with Crippen molar-refractivity contribution in [2.24, 2.45) is 11.7 Å². The summed E-state index contributed by atoms with van der Waals surface area (Å²) in [5.41, 5.74) is 9.35.